The number of nitrogens with zero attached hydrogens (tertiary/aromatic N) is 1. The van der Waals surface area contributed by atoms with Crippen LogP contribution in [0.1, 0.15) is 21.7 Å². The average Bonchev–Trinajstić information content (AvgIpc) is 3.25. The summed E-state index contributed by atoms with van der Waals surface area (Å²) in [4.78, 5) is 5.11. The first-order chi connectivity index (χ1) is 13.9. The summed E-state index contributed by atoms with van der Waals surface area (Å²) in [6, 6.07) is 23.3. The van der Waals surface area contributed by atoms with Crippen LogP contribution in [-0.2, 0) is 11.8 Å². The van der Waals surface area contributed by atoms with Gasteiger partial charge in [0.15, 0.2) is 5.60 Å². The van der Waals surface area contributed by atoms with Crippen LogP contribution in [0.2, 0.25) is 0 Å². The first kappa shape index (κ1) is 19.4. The van der Waals surface area contributed by atoms with Crippen molar-refractivity contribution in [3.05, 3.63) is 113 Å². The topological polar surface area (TPSA) is 33.1 Å². The third-order valence-electron chi connectivity index (χ3n) is 4.70. The minimum absolute atomic E-state index is 0.449. The minimum atomic E-state index is -4.38. The van der Waals surface area contributed by atoms with Crippen molar-refractivity contribution in [1.82, 2.24) is 4.98 Å². The van der Waals surface area contributed by atoms with Gasteiger partial charge in [-0.15, -0.1) is 11.3 Å². The van der Waals surface area contributed by atoms with E-state index in [9.17, 15) is 18.3 Å². The van der Waals surface area contributed by atoms with Gasteiger partial charge in [0.2, 0.25) is 0 Å². The molecule has 0 bridgehead atoms. The molecule has 0 spiro atoms. The fraction of sp³-hybridized carbons (Fsp3) is 0.0870. The lowest BCUT2D eigenvalue weighted by molar-refractivity contribution is -0.137. The molecule has 6 heteroatoms. The average molecular weight is 411 g/mol. The Bertz CT molecular complexity index is 1050. The van der Waals surface area contributed by atoms with Crippen LogP contribution < -0.4 is 0 Å². The molecule has 0 saturated carbocycles. The number of aromatic nitrogens is 1. The Kier molecular flexibility index (Phi) is 4.98. The fourth-order valence-corrected chi connectivity index (χ4v) is 4.23. The Morgan fingerprint density at radius 1 is 0.690 bits per heavy atom. The molecule has 1 aromatic heterocycles. The van der Waals surface area contributed by atoms with Crippen LogP contribution in [0.4, 0.5) is 13.2 Å². The monoisotopic (exact) mass is 411 g/mol. The zero-order valence-electron chi connectivity index (χ0n) is 15.1. The van der Waals surface area contributed by atoms with Gasteiger partial charge in [-0.05, 0) is 28.8 Å². The molecule has 4 rings (SSSR count). The lowest BCUT2D eigenvalue weighted by Gasteiger charge is -2.27. The lowest BCUT2D eigenvalue weighted by atomic mass is 9.87. The van der Waals surface area contributed by atoms with Crippen molar-refractivity contribution >= 4 is 11.3 Å². The summed E-state index contributed by atoms with van der Waals surface area (Å²) in [5.41, 5.74) is -0.211. The molecule has 0 unspecified atom stereocenters. The van der Waals surface area contributed by atoms with Gasteiger partial charge in [-0.2, -0.15) is 13.2 Å². The van der Waals surface area contributed by atoms with Crippen molar-refractivity contribution in [3.8, 4) is 10.4 Å². The van der Waals surface area contributed by atoms with Gasteiger partial charge in [-0.3, -0.25) is 0 Å². The third kappa shape index (κ3) is 3.69. The van der Waals surface area contributed by atoms with Crippen LogP contribution >= 0.6 is 11.3 Å². The maximum absolute atomic E-state index is 12.8. The van der Waals surface area contributed by atoms with E-state index in [1.54, 1.807) is 6.20 Å². The van der Waals surface area contributed by atoms with E-state index in [1.807, 2.05) is 60.7 Å². The zero-order chi connectivity index (χ0) is 20.5. The third-order valence-corrected chi connectivity index (χ3v) is 5.85. The highest BCUT2D eigenvalue weighted by atomic mass is 32.1. The van der Waals surface area contributed by atoms with Crippen molar-refractivity contribution in [3.63, 3.8) is 0 Å². The summed E-state index contributed by atoms with van der Waals surface area (Å²) < 4.78 is 38.4. The summed E-state index contributed by atoms with van der Waals surface area (Å²) in [6.45, 7) is 0. The van der Waals surface area contributed by atoms with E-state index in [0.717, 1.165) is 12.1 Å². The predicted molar refractivity (Wildman–Crippen MR) is 108 cm³/mol. The van der Waals surface area contributed by atoms with Crippen molar-refractivity contribution in [1.29, 1.82) is 0 Å². The predicted octanol–water partition coefficient (Wildman–Crippen LogP) is 6.11. The van der Waals surface area contributed by atoms with Gasteiger partial charge < -0.3 is 5.11 Å². The summed E-state index contributed by atoms with van der Waals surface area (Å²) in [5.74, 6) is 0. The molecule has 146 valence electrons. The first-order valence-corrected chi connectivity index (χ1v) is 9.68. The van der Waals surface area contributed by atoms with Crippen LogP contribution in [0.25, 0.3) is 10.4 Å². The number of thiazole rings is 1. The number of rotatable bonds is 4. The van der Waals surface area contributed by atoms with Crippen LogP contribution in [0, 0.1) is 0 Å². The molecule has 0 atom stereocenters. The van der Waals surface area contributed by atoms with Gasteiger partial charge in [0.1, 0.15) is 5.01 Å². The number of aliphatic hydroxyl groups is 1. The molecule has 29 heavy (non-hydrogen) atoms. The van der Waals surface area contributed by atoms with Crippen molar-refractivity contribution in [2.45, 2.75) is 11.8 Å². The van der Waals surface area contributed by atoms with Gasteiger partial charge in [0, 0.05) is 6.20 Å². The molecule has 0 aliphatic rings. The normalized spacial score (nSPS) is 12.1. The van der Waals surface area contributed by atoms with Gasteiger partial charge in [-0.1, -0.05) is 72.8 Å². The molecule has 0 fully saturated rings. The van der Waals surface area contributed by atoms with Gasteiger partial charge in [0.25, 0.3) is 0 Å². The Balaban J connectivity index is 1.78. The number of hydrogen-bond donors (Lipinski definition) is 1. The SMILES string of the molecule is OC(c1ccccc1)(c1ccccc1)c1ncc(-c2ccc(C(F)(F)F)cc2)s1. The summed E-state index contributed by atoms with van der Waals surface area (Å²) in [7, 11) is 0. The van der Waals surface area contributed by atoms with E-state index in [0.29, 0.717) is 26.6 Å². The molecule has 1 N–H and O–H groups in total. The molecule has 0 saturated heterocycles. The molecular formula is C23H16F3NOS. The Morgan fingerprint density at radius 2 is 1.21 bits per heavy atom. The molecular weight excluding hydrogens is 395 g/mol. The first-order valence-electron chi connectivity index (χ1n) is 8.86. The molecule has 1 heterocycles. The minimum Gasteiger partial charge on any atom is -0.374 e. The molecule has 3 aromatic carbocycles. The highest BCUT2D eigenvalue weighted by molar-refractivity contribution is 7.15. The second-order valence-corrected chi connectivity index (χ2v) is 7.58. The highest BCUT2D eigenvalue weighted by Crippen LogP contribution is 2.41. The van der Waals surface area contributed by atoms with Crippen LogP contribution in [-0.4, -0.2) is 10.1 Å². The van der Waals surface area contributed by atoms with Crippen molar-refractivity contribution < 1.29 is 18.3 Å². The largest absolute Gasteiger partial charge is 0.416 e. The van der Waals surface area contributed by atoms with E-state index in [4.69, 9.17) is 0 Å². The summed E-state index contributed by atoms with van der Waals surface area (Å²) >= 11 is 1.25. The fourth-order valence-electron chi connectivity index (χ4n) is 3.17. The summed E-state index contributed by atoms with van der Waals surface area (Å²) in [6.07, 6.45) is -2.79. The molecule has 0 amide bonds. The lowest BCUT2D eigenvalue weighted by Crippen LogP contribution is -2.28. The van der Waals surface area contributed by atoms with Gasteiger partial charge >= 0.3 is 6.18 Å². The maximum atomic E-state index is 12.8. The van der Waals surface area contributed by atoms with Crippen molar-refractivity contribution in [2.24, 2.45) is 0 Å². The standard InChI is InChI=1S/C23H16F3NOS/c24-23(25,26)19-13-11-16(12-14-19)20-15-27-21(29-20)22(28,17-7-3-1-4-8-17)18-9-5-2-6-10-18/h1-15,28H. The van der Waals surface area contributed by atoms with Crippen LogP contribution in [0.5, 0.6) is 0 Å². The number of benzene rings is 3. The molecule has 2 nitrogen and oxygen atoms in total. The van der Waals surface area contributed by atoms with E-state index in [-0.39, 0.29) is 0 Å². The van der Waals surface area contributed by atoms with Crippen LogP contribution in [0.3, 0.4) is 0 Å². The van der Waals surface area contributed by atoms with E-state index < -0.39 is 17.3 Å². The molecule has 0 radical (unpaired) electrons. The maximum Gasteiger partial charge on any atom is 0.416 e. The smallest absolute Gasteiger partial charge is 0.374 e. The quantitative estimate of drug-likeness (QED) is 0.439. The molecule has 0 aliphatic heterocycles. The summed E-state index contributed by atoms with van der Waals surface area (Å²) in [5, 5.41) is 12.2. The van der Waals surface area contributed by atoms with Gasteiger partial charge in [-0.25, -0.2) is 4.98 Å². The van der Waals surface area contributed by atoms with Gasteiger partial charge in [0.05, 0.1) is 10.4 Å². The Hall–Kier alpha value is -2.96. The van der Waals surface area contributed by atoms with E-state index >= 15 is 0 Å². The molecule has 4 aromatic rings. The highest BCUT2D eigenvalue weighted by Gasteiger charge is 2.37. The number of halogens is 3. The second-order valence-electron chi connectivity index (χ2n) is 6.55. The Labute approximate surface area is 169 Å². The Morgan fingerprint density at radius 3 is 1.69 bits per heavy atom. The number of hydrogen-bond acceptors (Lipinski definition) is 3. The van der Waals surface area contributed by atoms with Crippen molar-refractivity contribution in [2.75, 3.05) is 0 Å². The van der Waals surface area contributed by atoms with E-state index in [2.05, 4.69) is 4.98 Å². The second kappa shape index (κ2) is 7.46. The van der Waals surface area contributed by atoms with E-state index in [1.165, 1.54) is 23.5 Å². The van der Waals surface area contributed by atoms with Crippen LogP contribution in [0.15, 0.2) is 91.1 Å². The number of alkyl halides is 3. The zero-order valence-corrected chi connectivity index (χ0v) is 15.9. The molecule has 0 aliphatic carbocycles.